The van der Waals surface area contributed by atoms with Crippen LogP contribution < -0.4 is 10.3 Å². The van der Waals surface area contributed by atoms with Gasteiger partial charge in [0.15, 0.2) is 6.29 Å². The minimum atomic E-state index is -0.994. The number of pyridine rings is 1. The Morgan fingerprint density at radius 2 is 2.08 bits per heavy atom. The van der Waals surface area contributed by atoms with Crippen LogP contribution in [0.2, 0.25) is 0 Å². The van der Waals surface area contributed by atoms with Gasteiger partial charge in [-0.15, -0.1) is 0 Å². The number of hydrogen-bond donors (Lipinski definition) is 1. The number of hydrogen-bond acceptors (Lipinski definition) is 5. The number of fused-ring (bicyclic) bond motifs is 1. The molecule has 0 unspecified atom stereocenters. The summed E-state index contributed by atoms with van der Waals surface area (Å²) >= 11 is 0. The van der Waals surface area contributed by atoms with Gasteiger partial charge >= 0.3 is 5.97 Å². The van der Waals surface area contributed by atoms with E-state index in [1.165, 1.54) is 6.07 Å². The fourth-order valence-corrected chi connectivity index (χ4v) is 2.99. The van der Waals surface area contributed by atoms with Gasteiger partial charge in [0.05, 0.1) is 32.4 Å². The molecule has 0 atom stereocenters. The third-order valence-corrected chi connectivity index (χ3v) is 4.36. The zero-order valence-electron chi connectivity index (χ0n) is 14.7. The number of rotatable bonds is 6. The van der Waals surface area contributed by atoms with Crippen LogP contribution in [-0.4, -0.2) is 42.3 Å². The maximum Gasteiger partial charge on any atom is 0.331 e. The molecule has 138 valence electrons. The molecule has 0 spiro atoms. The third kappa shape index (κ3) is 3.63. The van der Waals surface area contributed by atoms with Crippen molar-refractivity contribution >= 4 is 22.9 Å². The zero-order valence-corrected chi connectivity index (χ0v) is 14.7. The highest BCUT2D eigenvalue weighted by Crippen LogP contribution is 2.25. The fraction of sp³-hybridized carbons (Fsp3) is 0.368. The molecule has 1 saturated heterocycles. The van der Waals surface area contributed by atoms with Gasteiger partial charge in [-0.2, -0.15) is 0 Å². The molecule has 0 bridgehead atoms. The Labute approximate surface area is 150 Å². The van der Waals surface area contributed by atoms with Crippen molar-refractivity contribution < 1.29 is 24.1 Å². The molecule has 7 heteroatoms. The summed E-state index contributed by atoms with van der Waals surface area (Å²) in [6, 6.07) is 6.81. The summed E-state index contributed by atoms with van der Waals surface area (Å²) in [5.74, 6) is -0.389. The third-order valence-electron chi connectivity index (χ3n) is 4.36. The van der Waals surface area contributed by atoms with Gasteiger partial charge in [0, 0.05) is 23.1 Å². The van der Waals surface area contributed by atoms with Crippen molar-refractivity contribution in [1.82, 2.24) is 4.57 Å². The van der Waals surface area contributed by atoms with Crippen molar-refractivity contribution in [3.63, 3.8) is 0 Å². The van der Waals surface area contributed by atoms with Crippen LogP contribution in [0.5, 0.6) is 5.75 Å². The van der Waals surface area contributed by atoms with E-state index in [0.29, 0.717) is 36.5 Å². The van der Waals surface area contributed by atoms with Gasteiger partial charge in [-0.3, -0.25) is 4.79 Å². The van der Waals surface area contributed by atoms with Crippen LogP contribution in [0, 0.1) is 0 Å². The molecule has 0 radical (unpaired) electrons. The highest BCUT2D eigenvalue weighted by Gasteiger charge is 2.19. The average Bonchev–Trinajstić information content (AvgIpc) is 3.14. The van der Waals surface area contributed by atoms with Crippen molar-refractivity contribution in [2.45, 2.75) is 26.2 Å². The van der Waals surface area contributed by atoms with Crippen molar-refractivity contribution in [2.75, 3.05) is 20.3 Å². The molecule has 1 aromatic carbocycles. The van der Waals surface area contributed by atoms with Crippen molar-refractivity contribution in [3.05, 3.63) is 45.8 Å². The molecule has 2 aromatic rings. The van der Waals surface area contributed by atoms with Gasteiger partial charge in [-0.05, 0) is 30.2 Å². The highest BCUT2D eigenvalue weighted by molar-refractivity contribution is 5.97. The molecule has 26 heavy (non-hydrogen) atoms. The van der Waals surface area contributed by atoms with Crippen LogP contribution in [-0.2, 0) is 20.8 Å². The van der Waals surface area contributed by atoms with Gasteiger partial charge in [-0.1, -0.05) is 6.92 Å². The van der Waals surface area contributed by atoms with Crippen LogP contribution in [0.25, 0.3) is 17.0 Å². The molecule has 2 heterocycles. The number of carboxylic acid groups (broad SMARTS) is 1. The lowest BCUT2D eigenvalue weighted by molar-refractivity contribution is -0.132. The van der Waals surface area contributed by atoms with Crippen LogP contribution in [0.15, 0.2) is 34.6 Å². The van der Waals surface area contributed by atoms with Crippen LogP contribution in [0.1, 0.15) is 18.9 Å². The lowest BCUT2D eigenvalue weighted by Gasteiger charge is -2.16. The van der Waals surface area contributed by atoms with Crippen LogP contribution in [0.4, 0.5) is 0 Å². The SMILES string of the molecule is CC/C(=C\c1cc(=O)n(CC2OCCO2)c2cc(OC)ccc12)C(=O)O. The summed E-state index contributed by atoms with van der Waals surface area (Å²) in [6.07, 6.45) is 1.43. The average molecular weight is 359 g/mol. The quantitative estimate of drug-likeness (QED) is 0.796. The van der Waals surface area contributed by atoms with E-state index < -0.39 is 12.3 Å². The van der Waals surface area contributed by atoms with E-state index in [9.17, 15) is 14.7 Å². The molecule has 1 aliphatic heterocycles. The number of aromatic nitrogens is 1. The van der Waals surface area contributed by atoms with Gasteiger partial charge in [0.1, 0.15) is 5.75 Å². The molecule has 3 rings (SSSR count). The smallest absolute Gasteiger partial charge is 0.331 e. The minimum absolute atomic E-state index is 0.238. The Balaban J connectivity index is 2.19. The van der Waals surface area contributed by atoms with Crippen LogP contribution >= 0.6 is 0 Å². The number of carbonyl (C=O) groups is 1. The predicted molar refractivity (Wildman–Crippen MR) is 96.4 cm³/mol. The summed E-state index contributed by atoms with van der Waals surface area (Å²) in [5.41, 5.74) is 1.19. The molecule has 1 fully saturated rings. The Bertz CT molecular complexity index is 908. The molecular weight excluding hydrogens is 338 g/mol. The standard InChI is InChI=1S/C19H21NO6/c1-3-12(19(22)23)8-13-9-17(21)20(11-18-25-6-7-26-18)16-10-14(24-2)4-5-15(13)16/h4-5,8-10,18H,3,6-7,11H2,1-2H3,(H,22,23)/b12-8+. The zero-order chi connectivity index (χ0) is 18.7. The first-order valence-electron chi connectivity index (χ1n) is 8.42. The summed E-state index contributed by atoms with van der Waals surface area (Å²) in [7, 11) is 1.55. The number of benzene rings is 1. The molecule has 7 nitrogen and oxygen atoms in total. The first-order valence-corrected chi connectivity index (χ1v) is 8.42. The van der Waals surface area contributed by atoms with Crippen molar-refractivity contribution in [2.24, 2.45) is 0 Å². The van der Waals surface area contributed by atoms with Gasteiger partial charge < -0.3 is 23.9 Å². The summed E-state index contributed by atoms with van der Waals surface area (Å²) in [6.45, 7) is 3.02. The van der Waals surface area contributed by atoms with E-state index in [0.717, 1.165) is 5.39 Å². The molecule has 1 N–H and O–H groups in total. The topological polar surface area (TPSA) is 87.0 Å². The maximum atomic E-state index is 12.7. The Hall–Kier alpha value is -2.64. The highest BCUT2D eigenvalue weighted by atomic mass is 16.7. The lowest BCUT2D eigenvalue weighted by atomic mass is 10.0. The minimum Gasteiger partial charge on any atom is -0.497 e. The first kappa shape index (κ1) is 18.2. The van der Waals surface area contributed by atoms with E-state index in [-0.39, 0.29) is 17.7 Å². The molecular formula is C19H21NO6. The Kier molecular flexibility index (Phi) is 5.39. The van der Waals surface area contributed by atoms with Gasteiger partial charge in [0.2, 0.25) is 0 Å². The number of carboxylic acids is 1. The summed E-state index contributed by atoms with van der Waals surface area (Å²) in [4.78, 5) is 24.1. The van der Waals surface area contributed by atoms with Gasteiger partial charge in [-0.25, -0.2) is 4.79 Å². The Morgan fingerprint density at radius 1 is 1.35 bits per heavy atom. The second kappa shape index (κ2) is 7.72. The fourth-order valence-electron chi connectivity index (χ4n) is 2.99. The first-order chi connectivity index (χ1) is 12.5. The van der Waals surface area contributed by atoms with Crippen LogP contribution in [0.3, 0.4) is 0 Å². The number of methoxy groups -OCH3 is 1. The van der Waals surface area contributed by atoms with E-state index in [2.05, 4.69) is 0 Å². The Morgan fingerprint density at radius 3 is 2.69 bits per heavy atom. The summed E-state index contributed by atoms with van der Waals surface area (Å²) < 4.78 is 17.8. The predicted octanol–water partition coefficient (Wildman–Crippen LogP) is 2.26. The number of ether oxygens (including phenoxy) is 3. The number of nitrogens with zero attached hydrogens (tertiary/aromatic N) is 1. The van der Waals surface area contributed by atoms with E-state index in [1.807, 2.05) is 6.07 Å². The molecule has 0 amide bonds. The number of aliphatic carboxylic acids is 1. The van der Waals surface area contributed by atoms with E-state index in [4.69, 9.17) is 14.2 Å². The second-order valence-corrected chi connectivity index (χ2v) is 5.93. The van der Waals surface area contributed by atoms with E-state index >= 15 is 0 Å². The molecule has 0 aliphatic carbocycles. The largest absolute Gasteiger partial charge is 0.497 e. The normalized spacial score (nSPS) is 15.5. The van der Waals surface area contributed by atoms with Crippen molar-refractivity contribution in [1.29, 1.82) is 0 Å². The van der Waals surface area contributed by atoms with Crippen molar-refractivity contribution in [3.8, 4) is 5.75 Å². The molecule has 1 aliphatic rings. The molecule has 1 aromatic heterocycles. The van der Waals surface area contributed by atoms with E-state index in [1.54, 1.807) is 36.8 Å². The summed E-state index contributed by atoms with van der Waals surface area (Å²) in [5, 5.41) is 10.1. The lowest BCUT2D eigenvalue weighted by Crippen LogP contribution is -2.27. The maximum absolute atomic E-state index is 12.7. The monoisotopic (exact) mass is 359 g/mol. The second-order valence-electron chi connectivity index (χ2n) is 5.93. The van der Waals surface area contributed by atoms with Gasteiger partial charge in [0.25, 0.3) is 5.56 Å². The molecule has 0 saturated carbocycles.